The molecule has 4 aromatic rings. The molecule has 0 saturated heterocycles. The van der Waals surface area contributed by atoms with Crippen LogP contribution in [0.25, 0.3) is 0 Å². The summed E-state index contributed by atoms with van der Waals surface area (Å²) in [5, 5.41) is 3.92. The Bertz CT molecular complexity index is 1700. The first-order valence-electron chi connectivity index (χ1n) is 14.7. The van der Waals surface area contributed by atoms with Gasteiger partial charge in [0, 0.05) is 29.1 Å². The average molecular weight is 667 g/mol. The molecule has 4 rings (SSSR count). The molecule has 45 heavy (non-hydrogen) atoms. The number of aryl methyl sites for hydroxylation is 1. The first-order valence-corrected chi connectivity index (χ1v) is 16.9. The van der Waals surface area contributed by atoms with Gasteiger partial charge in [-0.25, -0.2) is 8.42 Å². The molecule has 0 radical (unpaired) electrons. The van der Waals surface area contributed by atoms with Crippen molar-refractivity contribution in [3.05, 3.63) is 130 Å². The van der Waals surface area contributed by atoms with Crippen LogP contribution in [0.15, 0.2) is 108 Å². The van der Waals surface area contributed by atoms with E-state index in [-0.39, 0.29) is 35.5 Å². The van der Waals surface area contributed by atoms with Crippen molar-refractivity contribution >= 4 is 50.7 Å². The normalized spacial score (nSPS) is 12.6. The van der Waals surface area contributed by atoms with E-state index in [1.165, 1.54) is 23.1 Å². The molecule has 0 saturated carbocycles. The maximum Gasteiger partial charge on any atom is 0.264 e. The number of nitrogens with one attached hydrogen (secondary N) is 1. The third kappa shape index (κ3) is 8.87. The highest BCUT2D eigenvalue weighted by molar-refractivity contribution is 7.92. The highest BCUT2D eigenvalue weighted by atomic mass is 35.5. The van der Waals surface area contributed by atoms with E-state index in [0.717, 1.165) is 21.0 Å². The van der Waals surface area contributed by atoms with Crippen molar-refractivity contribution in [1.29, 1.82) is 0 Å². The van der Waals surface area contributed by atoms with Crippen LogP contribution in [0.5, 0.6) is 0 Å². The first-order chi connectivity index (χ1) is 21.5. The summed E-state index contributed by atoms with van der Waals surface area (Å²) >= 11 is 12.6. The van der Waals surface area contributed by atoms with Crippen LogP contribution >= 0.6 is 23.2 Å². The summed E-state index contributed by atoms with van der Waals surface area (Å²) in [5.41, 5.74) is 2.59. The van der Waals surface area contributed by atoms with Gasteiger partial charge < -0.3 is 10.2 Å². The number of nitrogens with zero attached hydrogens (tertiary/aromatic N) is 2. The number of hydrogen-bond acceptors (Lipinski definition) is 4. The van der Waals surface area contributed by atoms with Gasteiger partial charge in [0.05, 0.1) is 10.6 Å². The number of rotatable bonds is 13. The van der Waals surface area contributed by atoms with Crippen LogP contribution in [-0.4, -0.2) is 43.8 Å². The summed E-state index contributed by atoms with van der Waals surface area (Å²) in [6.45, 7) is 5.16. The molecule has 0 fully saturated rings. The lowest BCUT2D eigenvalue weighted by Crippen LogP contribution is -2.54. The number of sulfonamides is 1. The molecular weight excluding hydrogens is 629 g/mol. The van der Waals surface area contributed by atoms with Crippen LogP contribution in [0.4, 0.5) is 5.69 Å². The number of hydrogen-bond donors (Lipinski definition) is 1. The SMILES string of the molecule is CC[C@@H](C)NC(=O)[C@@H](Cc1ccccc1)N(Cc1ccc(Cl)cc1)C(=O)CN(c1ccc(C)c(Cl)c1)S(=O)(=O)c1ccccc1. The highest BCUT2D eigenvalue weighted by Gasteiger charge is 2.35. The molecule has 7 nitrogen and oxygen atoms in total. The molecule has 0 aliphatic heterocycles. The Morgan fingerprint density at radius 3 is 2.07 bits per heavy atom. The molecule has 4 aromatic carbocycles. The van der Waals surface area contributed by atoms with E-state index < -0.39 is 28.5 Å². The molecule has 0 aromatic heterocycles. The van der Waals surface area contributed by atoms with Crippen molar-refractivity contribution in [2.75, 3.05) is 10.8 Å². The van der Waals surface area contributed by atoms with E-state index in [1.54, 1.807) is 54.6 Å². The second kappa shape index (κ2) is 15.4. The van der Waals surface area contributed by atoms with Crippen LogP contribution in [0.3, 0.4) is 0 Å². The number of amides is 2. The summed E-state index contributed by atoms with van der Waals surface area (Å²) < 4.78 is 29.2. The third-order valence-corrected chi connectivity index (χ3v) is 10.0. The van der Waals surface area contributed by atoms with Gasteiger partial charge >= 0.3 is 0 Å². The third-order valence-electron chi connectivity index (χ3n) is 7.59. The fourth-order valence-corrected chi connectivity index (χ4v) is 6.49. The van der Waals surface area contributed by atoms with E-state index in [2.05, 4.69) is 5.32 Å². The quantitative estimate of drug-likeness (QED) is 0.166. The Morgan fingerprint density at radius 2 is 1.47 bits per heavy atom. The summed E-state index contributed by atoms with van der Waals surface area (Å²) in [6.07, 6.45) is 0.927. The molecule has 0 heterocycles. The fourth-order valence-electron chi connectivity index (χ4n) is 4.77. The van der Waals surface area contributed by atoms with Crippen molar-refractivity contribution in [1.82, 2.24) is 10.2 Å². The largest absolute Gasteiger partial charge is 0.352 e. The minimum Gasteiger partial charge on any atom is -0.352 e. The molecule has 10 heteroatoms. The number of carbonyl (C=O) groups is 2. The number of carbonyl (C=O) groups excluding carboxylic acids is 2. The van der Waals surface area contributed by atoms with Crippen LogP contribution in [-0.2, 0) is 32.6 Å². The van der Waals surface area contributed by atoms with E-state index >= 15 is 0 Å². The van der Waals surface area contributed by atoms with Crippen molar-refractivity contribution in [2.45, 2.75) is 57.1 Å². The Kier molecular flexibility index (Phi) is 11.7. The Morgan fingerprint density at radius 1 is 0.844 bits per heavy atom. The smallest absolute Gasteiger partial charge is 0.264 e. The zero-order chi connectivity index (χ0) is 32.6. The molecule has 1 N–H and O–H groups in total. The minimum atomic E-state index is -4.21. The first kappa shape index (κ1) is 34.0. The van der Waals surface area contributed by atoms with Gasteiger partial charge in [0.25, 0.3) is 10.0 Å². The standard InChI is InChI=1S/C35H37Cl2N3O4S/c1-4-26(3)38-35(42)33(21-27-11-7-5-8-12-27)39(23-28-16-18-29(36)19-17-28)34(41)24-40(30-20-15-25(2)32(37)22-30)45(43,44)31-13-9-6-10-14-31/h5-20,22,26,33H,4,21,23-24H2,1-3H3,(H,38,42)/t26-,33-/m1/s1. The van der Waals surface area contributed by atoms with Gasteiger partial charge in [0.2, 0.25) is 11.8 Å². The van der Waals surface area contributed by atoms with Gasteiger partial charge in [-0.15, -0.1) is 0 Å². The van der Waals surface area contributed by atoms with E-state index in [0.29, 0.717) is 16.5 Å². The van der Waals surface area contributed by atoms with E-state index in [9.17, 15) is 18.0 Å². The average Bonchev–Trinajstić information content (AvgIpc) is 3.04. The lowest BCUT2D eigenvalue weighted by molar-refractivity contribution is -0.140. The van der Waals surface area contributed by atoms with Gasteiger partial charge in [0.15, 0.2) is 0 Å². The Hall–Kier alpha value is -3.85. The summed E-state index contributed by atoms with van der Waals surface area (Å²) in [7, 11) is -4.21. The molecule has 236 valence electrons. The molecule has 2 amide bonds. The predicted molar refractivity (Wildman–Crippen MR) is 181 cm³/mol. The molecule has 0 unspecified atom stereocenters. The summed E-state index contributed by atoms with van der Waals surface area (Å²) in [6, 6.07) is 28.1. The molecule has 0 aliphatic carbocycles. The van der Waals surface area contributed by atoms with Crippen LogP contribution < -0.4 is 9.62 Å². The fraction of sp³-hybridized carbons (Fsp3) is 0.257. The monoisotopic (exact) mass is 665 g/mol. The highest BCUT2D eigenvalue weighted by Crippen LogP contribution is 2.29. The zero-order valence-electron chi connectivity index (χ0n) is 25.5. The predicted octanol–water partition coefficient (Wildman–Crippen LogP) is 7.05. The van der Waals surface area contributed by atoms with E-state index in [4.69, 9.17) is 23.2 Å². The summed E-state index contributed by atoms with van der Waals surface area (Å²) in [4.78, 5) is 29.9. The second-order valence-electron chi connectivity index (χ2n) is 10.9. The minimum absolute atomic E-state index is 0.0223. The zero-order valence-corrected chi connectivity index (χ0v) is 27.8. The summed E-state index contributed by atoms with van der Waals surface area (Å²) in [5.74, 6) is -0.882. The van der Waals surface area contributed by atoms with E-state index in [1.807, 2.05) is 51.1 Å². The number of anilines is 1. The van der Waals surface area contributed by atoms with Crippen molar-refractivity contribution in [2.24, 2.45) is 0 Å². The lowest BCUT2D eigenvalue weighted by Gasteiger charge is -2.34. The van der Waals surface area contributed by atoms with Gasteiger partial charge in [0.1, 0.15) is 12.6 Å². The molecular formula is C35H37Cl2N3O4S. The van der Waals surface area contributed by atoms with Crippen LogP contribution in [0, 0.1) is 6.92 Å². The lowest BCUT2D eigenvalue weighted by atomic mass is 10.0. The Labute approximate surface area is 275 Å². The second-order valence-corrected chi connectivity index (χ2v) is 13.6. The number of benzene rings is 4. The maximum absolute atomic E-state index is 14.5. The van der Waals surface area contributed by atoms with Gasteiger partial charge in [-0.05, 0) is 73.4 Å². The molecule has 0 bridgehead atoms. The van der Waals surface area contributed by atoms with Gasteiger partial charge in [-0.1, -0.05) is 96.9 Å². The molecule has 0 spiro atoms. The van der Waals surface area contributed by atoms with Crippen molar-refractivity contribution < 1.29 is 18.0 Å². The maximum atomic E-state index is 14.5. The van der Waals surface area contributed by atoms with Crippen molar-refractivity contribution in [3.8, 4) is 0 Å². The molecule has 0 aliphatic rings. The Balaban J connectivity index is 1.81. The van der Waals surface area contributed by atoms with Crippen LogP contribution in [0.1, 0.15) is 37.0 Å². The van der Waals surface area contributed by atoms with Crippen molar-refractivity contribution in [3.63, 3.8) is 0 Å². The van der Waals surface area contributed by atoms with Gasteiger partial charge in [-0.2, -0.15) is 0 Å². The van der Waals surface area contributed by atoms with Crippen LogP contribution in [0.2, 0.25) is 10.0 Å². The van der Waals surface area contributed by atoms with Gasteiger partial charge in [-0.3, -0.25) is 13.9 Å². The molecule has 2 atom stereocenters. The topological polar surface area (TPSA) is 86.8 Å². The number of halogens is 2.